The van der Waals surface area contributed by atoms with Crippen molar-refractivity contribution in [2.45, 2.75) is 19.4 Å². The zero-order chi connectivity index (χ0) is 20.0. The summed E-state index contributed by atoms with van der Waals surface area (Å²) in [6, 6.07) is 11.7. The quantitative estimate of drug-likeness (QED) is 0.675. The molecule has 1 saturated heterocycles. The van der Waals surface area contributed by atoms with Gasteiger partial charge in [0.25, 0.3) is 0 Å². The molecule has 2 aliphatic heterocycles. The van der Waals surface area contributed by atoms with Gasteiger partial charge < -0.3 is 9.80 Å². The van der Waals surface area contributed by atoms with Gasteiger partial charge >= 0.3 is 0 Å². The van der Waals surface area contributed by atoms with E-state index in [1.807, 2.05) is 17.0 Å². The van der Waals surface area contributed by atoms with Gasteiger partial charge in [0, 0.05) is 55.4 Å². The lowest BCUT2D eigenvalue weighted by Gasteiger charge is -2.30. The van der Waals surface area contributed by atoms with Crippen molar-refractivity contribution in [2.75, 3.05) is 18.0 Å². The molecule has 1 unspecified atom stereocenters. The number of halogens is 1. The number of fused-ring (bicyclic) bond motifs is 2. The van der Waals surface area contributed by atoms with Gasteiger partial charge in [-0.3, -0.25) is 9.59 Å². The molecule has 3 aromatic rings. The minimum atomic E-state index is -0.385. The maximum Gasteiger partial charge on any atom is 0.228 e. The highest BCUT2D eigenvalue weighted by atomic mass is 19.1. The Morgan fingerprint density at radius 1 is 1.17 bits per heavy atom. The molecule has 0 radical (unpaired) electrons. The normalized spacial score (nSPS) is 18.9. The number of aromatic nitrogens is 2. The highest BCUT2D eigenvalue weighted by molar-refractivity contribution is 6.00. The first-order valence-corrected chi connectivity index (χ1v) is 9.67. The van der Waals surface area contributed by atoms with E-state index in [9.17, 15) is 14.0 Å². The van der Waals surface area contributed by atoms with Gasteiger partial charge in [0.05, 0.1) is 5.92 Å². The number of hydrogen-bond donors (Lipinski definition) is 0. The van der Waals surface area contributed by atoms with Crippen LogP contribution >= 0.6 is 0 Å². The van der Waals surface area contributed by atoms with E-state index >= 15 is 0 Å². The molecule has 1 fully saturated rings. The Labute approximate surface area is 167 Å². The lowest BCUT2D eigenvalue weighted by molar-refractivity contribution is -0.136. The van der Waals surface area contributed by atoms with Gasteiger partial charge in [-0.2, -0.15) is 0 Å². The van der Waals surface area contributed by atoms with E-state index in [0.717, 1.165) is 22.3 Å². The molecule has 0 aliphatic carbocycles. The largest absolute Gasteiger partial charge is 0.338 e. The Balaban J connectivity index is 1.33. The van der Waals surface area contributed by atoms with E-state index in [0.29, 0.717) is 31.7 Å². The molecule has 7 heteroatoms. The number of amides is 2. The van der Waals surface area contributed by atoms with E-state index in [2.05, 4.69) is 16.0 Å². The Morgan fingerprint density at radius 3 is 2.83 bits per heavy atom. The molecule has 2 aromatic heterocycles. The Bertz CT molecular complexity index is 1120. The van der Waals surface area contributed by atoms with Crippen LogP contribution in [0.25, 0.3) is 11.0 Å². The Kier molecular flexibility index (Phi) is 4.23. The van der Waals surface area contributed by atoms with Crippen LogP contribution in [-0.2, 0) is 22.6 Å². The predicted molar refractivity (Wildman–Crippen MR) is 106 cm³/mol. The fourth-order valence-electron chi connectivity index (χ4n) is 4.15. The molecule has 0 bridgehead atoms. The first kappa shape index (κ1) is 17.7. The third kappa shape index (κ3) is 3.22. The van der Waals surface area contributed by atoms with Crippen molar-refractivity contribution in [3.05, 3.63) is 65.7 Å². The van der Waals surface area contributed by atoms with Gasteiger partial charge in [0.1, 0.15) is 5.82 Å². The summed E-state index contributed by atoms with van der Waals surface area (Å²) in [5, 5.41) is 0.957. The van der Waals surface area contributed by atoms with E-state index in [4.69, 9.17) is 0 Å². The molecular formula is C22H19FN4O2. The van der Waals surface area contributed by atoms with Crippen LogP contribution in [0.2, 0.25) is 0 Å². The van der Waals surface area contributed by atoms with Gasteiger partial charge in [-0.25, -0.2) is 14.4 Å². The average molecular weight is 390 g/mol. The summed E-state index contributed by atoms with van der Waals surface area (Å²) in [6.07, 6.45) is 2.58. The predicted octanol–water partition coefficient (Wildman–Crippen LogP) is 2.71. The van der Waals surface area contributed by atoms with Crippen LogP contribution in [0.4, 0.5) is 10.1 Å². The average Bonchev–Trinajstić information content (AvgIpc) is 3.13. The second-order valence-electron chi connectivity index (χ2n) is 7.54. The SMILES string of the molecule is O=C(C1CC(=O)N(c2ccc(F)cc2)C1)N1CCc2nc3ncccc3cc2C1. The fraction of sp³-hybridized carbons (Fsp3) is 0.273. The maximum absolute atomic E-state index is 13.2. The van der Waals surface area contributed by atoms with Crippen molar-refractivity contribution in [2.24, 2.45) is 5.92 Å². The summed E-state index contributed by atoms with van der Waals surface area (Å²) >= 11 is 0. The minimum Gasteiger partial charge on any atom is -0.338 e. The van der Waals surface area contributed by atoms with Crippen molar-refractivity contribution in [3.8, 4) is 0 Å². The summed E-state index contributed by atoms with van der Waals surface area (Å²) in [5.74, 6) is -0.855. The second kappa shape index (κ2) is 6.92. The lowest BCUT2D eigenvalue weighted by Crippen LogP contribution is -2.41. The van der Waals surface area contributed by atoms with Crippen molar-refractivity contribution in [3.63, 3.8) is 0 Å². The van der Waals surface area contributed by atoms with Gasteiger partial charge in [0.2, 0.25) is 11.8 Å². The van der Waals surface area contributed by atoms with Crippen LogP contribution in [0.15, 0.2) is 48.7 Å². The van der Waals surface area contributed by atoms with Crippen LogP contribution in [-0.4, -0.2) is 39.8 Å². The number of anilines is 1. The number of nitrogens with zero attached hydrogens (tertiary/aromatic N) is 4. The zero-order valence-electron chi connectivity index (χ0n) is 15.7. The smallest absolute Gasteiger partial charge is 0.228 e. The minimum absolute atomic E-state index is 0.0140. The van der Waals surface area contributed by atoms with E-state index in [1.54, 1.807) is 23.2 Å². The van der Waals surface area contributed by atoms with Crippen molar-refractivity contribution >= 4 is 28.5 Å². The van der Waals surface area contributed by atoms with Crippen LogP contribution in [0.1, 0.15) is 17.7 Å². The molecule has 2 aliphatic rings. The van der Waals surface area contributed by atoms with Crippen LogP contribution < -0.4 is 4.90 Å². The van der Waals surface area contributed by atoms with Crippen molar-refractivity contribution in [1.82, 2.24) is 14.9 Å². The summed E-state index contributed by atoms with van der Waals surface area (Å²) in [7, 11) is 0. The van der Waals surface area contributed by atoms with Crippen LogP contribution in [0, 0.1) is 11.7 Å². The number of benzene rings is 1. The number of pyridine rings is 2. The van der Waals surface area contributed by atoms with E-state index < -0.39 is 0 Å². The molecule has 2 amide bonds. The Hall–Kier alpha value is -3.35. The molecule has 0 spiro atoms. The molecule has 4 heterocycles. The standard InChI is InChI=1S/C22H19FN4O2/c23-17-3-5-18(6-4-17)27-13-16(11-20(27)28)22(29)26-9-7-19-15(12-26)10-14-2-1-8-24-21(14)25-19/h1-6,8,10,16H,7,9,11-13H2. The molecular weight excluding hydrogens is 371 g/mol. The van der Waals surface area contributed by atoms with Gasteiger partial charge in [-0.1, -0.05) is 0 Å². The van der Waals surface area contributed by atoms with Crippen LogP contribution in [0.3, 0.4) is 0 Å². The molecule has 5 rings (SSSR count). The number of hydrogen-bond acceptors (Lipinski definition) is 4. The lowest BCUT2D eigenvalue weighted by atomic mass is 10.0. The third-order valence-electron chi connectivity index (χ3n) is 5.66. The summed E-state index contributed by atoms with van der Waals surface area (Å²) in [6.45, 7) is 1.40. The molecule has 0 saturated carbocycles. The van der Waals surface area contributed by atoms with Crippen molar-refractivity contribution < 1.29 is 14.0 Å². The second-order valence-corrected chi connectivity index (χ2v) is 7.54. The highest BCUT2D eigenvalue weighted by Gasteiger charge is 2.38. The molecule has 6 nitrogen and oxygen atoms in total. The maximum atomic E-state index is 13.2. The molecule has 1 aromatic carbocycles. The third-order valence-corrected chi connectivity index (χ3v) is 5.66. The first-order chi connectivity index (χ1) is 14.1. The van der Waals surface area contributed by atoms with E-state index in [-0.39, 0.29) is 30.0 Å². The van der Waals surface area contributed by atoms with Gasteiger partial charge in [-0.05, 0) is 48.0 Å². The number of carbonyl (C=O) groups is 2. The molecule has 0 N–H and O–H groups in total. The fourth-order valence-corrected chi connectivity index (χ4v) is 4.15. The Morgan fingerprint density at radius 2 is 2.00 bits per heavy atom. The summed E-state index contributed by atoms with van der Waals surface area (Å²) in [5.41, 5.74) is 3.36. The van der Waals surface area contributed by atoms with Gasteiger partial charge in [-0.15, -0.1) is 0 Å². The molecule has 1 atom stereocenters. The monoisotopic (exact) mass is 390 g/mol. The molecule has 146 valence electrons. The van der Waals surface area contributed by atoms with Gasteiger partial charge in [0.15, 0.2) is 5.65 Å². The molecule has 29 heavy (non-hydrogen) atoms. The number of carbonyl (C=O) groups excluding carboxylic acids is 2. The van der Waals surface area contributed by atoms with Crippen molar-refractivity contribution in [1.29, 1.82) is 0 Å². The highest BCUT2D eigenvalue weighted by Crippen LogP contribution is 2.29. The van der Waals surface area contributed by atoms with E-state index in [1.165, 1.54) is 12.1 Å². The summed E-state index contributed by atoms with van der Waals surface area (Å²) < 4.78 is 13.2. The topological polar surface area (TPSA) is 66.4 Å². The zero-order valence-corrected chi connectivity index (χ0v) is 15.7. The number of rotatable bonds is 2. The summed E-state index contributed by atoms with van der Waals surface area (Å²) in [4.78, 5) is 37.9. The first-order valence-electron chi connectivity index (χ1n) is 9.67. The van der Waals surface area contributed by atoms with Crippen LogP contribution in [0.5, 0.6) is 0 Å².